The number of hydrogen-bond donors (Lipinski definition) is 1. The van der Waals surface area contributed by atoms with Crippen LogP contribution in [0.2, 0.25) is 5.02 Å². The minimum atomic E-state index is -0.174. The number of aromatic nitrogens is 1. The van der Waals surface area contributed by atoms with Gasteiger partial charge in [0.1, 0.15) is 15.8 Å². The summed E-state index contributed by atoms with van der Waals surface area (Å²) in [5.74, 6) is 0.128. The number of carbonyl (C=O) groups excluding carboxylic acids is 1. The van der Waals surface area contributed by atoms with Crippen molar-refractivity contribution in [1.29, 1.82) is 5.26 Å². The van der Waals surface area contributed by atoms with Gasteiger partial charge in [0, 0.05) is 21.5 Å². The average Bonchev–Trinajstić information content (AvgIpc) is 3.10. The maximum atomic E-state index is 13.2. The molecule has 2 aromatic heterocycles. The van der Waals surface area contributed by atoms with Gasteiger partial charge in [-0.2, -0.15) is 5.26 Å². The van der Waals surface area contributed by atoms with Crippen LogP contribution in [0.15, 0.2) is 54.6 Å². The summed E-state index contributed by atoms with van der Waals surface area (Å²) in [7, 11) is 0. The van der Waals surface area contributed by atoms with Crippen molar-refractivity contribution in [1.82, 2.24) is 4.98 Å². The highest BCUT2D eigenvalue weighted by Gasteiger charge is 2.25. The van der Waals surface area contributed by atoms with Gasteiger partial charge >= 0.3 is 0 Å². The lowest BCUT2D eigenvalue weighted by Gasteiger charge is -2.13. The highest BCUT2D eigenvalue weighted by Crippen LogP contribution is 2.41. The highest BCUT2D eigenvalue weighted by molar-refractivity contribution is 7.21. The van der Waals surface area contributed by atoms with Gasteiger partial charge in [-0.1, -0.05) is 55.8 Å². The van der Waals surface area contributed by atoms with Crippen LogP contribution in [-0.2, 0) is 6.42 Å². The first kappa shape index (κ1) is 21.0. The third kappa shape index (κ3) is 3.93. The monoisotopic (exact) mass is 445 g/mol. The van der Waals surface area contributed by atoms with Crippen molar-refractivity contribution in [2.75, 3.05) is 5.73 Å². The first-order valence-corrected chi connectivity index (χ1v) is 11.1. The quantitative estimate of drug-likeness (QED) is 0.355. The van der Waals surface area contributed by atoms with Crippen molar-refractivity contribution in [2.24, 2.45) is 5.92 Å². The summed E-state index contributed by atoms with van der Waals surface area (Å²) < 4.78 is 0. The van der Waals surface area contributed by atoms with E-state index >= 15 is 0 Å². The molecule has 0 unspecified atom stereocenters. The van der Waals surface area contributed by atoms with E-state index in [9.17, 15) is 10.1 Å². The molecule has 0 amide bonds. The van der Waals surface area contributed by atoms with E-state index in [1.807, 2.05) is 30.3 Å². The lowest BCUT2D eigenvalue weighted by molar-refractivity contribution is 0.104. The van der Waals surface area contributed by atoms with E-state index in [1.165, 1.54) is 11.3 Å². The molecular formula is C25H20ClN3OS. The van der Waals surface area contributed by atoms with E-state index in [1.54, 1.807) is 24.3 Å². The van der Waals surface area contributed by atoms with E-state index in [0.29, 0.717) is 55.0 Å². The zero-order valence-electron chi connectivity index (χ0n) is 17.1. The van der Waals surface area contributed by atoms with Gasteiger partial charge < -0.3 is 5.73 Å². The van der Waals surface area contributed by atoms with E-state index in [-0.39, 0.29) is 5.78 Å². The average molecular weight is 446 g/mol. The van der Waals surface area contributed by atoms with Gasteiger partial charge in [0.05, 0.1) is 16.9 Å². The van der Waals surface area contributed by atoms with Gasteiger partial charge in [0.2, 0.25) is 5.78 Å². The number of thiophene rings is 1. The molecule has 154 valence electrons. The number of nitrogens with two attached hydrogens (primary N) is 1. The summed E-state index contributed by atoms with van der Waals surface area (Å²) in [6.45, 7) is 4.19. The number of pyridine rings is 1. The molecule has 0 aliphatic carbocycles. The topological polar surface area (TPSA) is 79.8 Å². The Morgan fingerprint density at radius 2 is 1.84 bits per heavy atom. The maximum Gasteiger partial charge on any atom is 0.205 e. The molecule has 0 spiro atoms. The van der Waals surface area contributed by atoms with Gasteiger partial charge in [0.15, 0.2) is 0 Å². The number of anilines is 1. The number of nitrogens with zero attached hydrogens (tertiary/aromatic N) is 2. The van der Waals surface area contributed by atoms with Crippen molar-refractivity contribution >= 4 is 44.6 Å². The summed E-state index contributed by atoms with van der Waals surface area (Å²) in [6.07, 6.45) is 0.664. The highest BCUT2D eigenvalue weighted by atomic mass is 35.5. The third-order valence-electron chi connectivity index (χ3n) is 5.06. The SMILES string of the molecule is CC(C)Cc1c(C#N)c(-c2ccccc2)nc2sc(C(=O)c3ccc(Cl)cc3)c(N)c12. The third-order valence-corrected chi connectivity index (χ3v) is 6.41. The Balaban J connectivity index is 1.99. The number of halogens is 1. The van der Waals surface area contributed by atoms with Crippen LogP contribution in [0.1, 0.15) is 40.2 Å². The number of fused-ring (bicyclic) bond motifs is 1. The summed E-state index contributed by atoms with van der Waals surface area (Å²) >= 11 is 7.23. The van der Waals surface area contributed by atoms with Crippen molar-refractivity contribution in [3.05, 3.63) is 81.2 Å². The lowest BCUT2D eigenvalue weighted by atomic mass is 9.92. The molecule has 6 heteroatoms. The molecule has 0 saturated heterocycles. The van der Waals surface area contributed by atoms with Crippen molar-refractivity contribution in [3.63, 3.8) is 0 Å². The maximum absolute atomic E-state index is 13.2. The molecule has 0 bridgehead atoms. The number of carbonyl (C=O) groups is 1. The lowest BCUT2D eigenvalue weighted by Crippen LogP contribution is -2.05. The first-order valence-electron chi connectivity index (χ1n) is 9.91. The minimum Gasteiger partial charge on any atom is -0.397 e. The molecule has 31 heavy (non-hydrogen) atoms. The molecule has 0 fully saturated rings. The summed E-state index contributed by atoms with van der Waals surface area (Å²) in [6, 6.07) is 18.7. The smallest absolute Gasteiger partial charge is 0.205 e. The Morgan fingerprint density at radius 1 is 1.16 bits per heavy atom. The van der Waals surface area contributed by atoms with E-state index in [2.05, 4.69) is 19.9 Å². The zero-order valence-corrected chi connectivity index (χ0v) is 18.7. The molecule has 4 nitrogen and oxygen atoms in total. The molecular weight excluding hydrogens is 426 g/mol. The van der Waals surface area contributed by atoms with E-state index < -0.39 is 0 Å². The van der Waals surface area contributed by atoms with Crippen molar-refractivity contribution in [2.45, 2.75) is 20.3 Å². The molecule has 2 N–H and O–H groups in total. The van der Waals surface area contributed by atoms with Crippen molar-refractivity contribution < 1.29 is 4.79 Å². The van der Waals surface area contributed by atoms with Crippen LogP contribution in [0.25, 0.3) is 21.5 Å². The second-order valence-corrected chi connectivity index (χ2v) is 9.19. The fraction of sp³-hybridized carbons (Fsp3) is 0.160. The number of ketones is 1. The Labute approximate surface area is 189 Å². The molecule has 0 atom stereocenters. The second-order valence-electron chi connectivity index (χ2n) is 7.75. The largest absolute Gasteiger partial charge is 0.397 e. The normalized spacial score (nSPS) is 11.1. The van der Waals surface area contributed by atoms with Gasteiger partial charge in [-0.15, -0.1) is 11.3 Å². The van der Waals surface area contributed by atoms with Crippen LogP contribution in [0.5, 0.6) is 0 Å². The van der Waals surface area contributed by atoms with E-state index in [4.69, 9.17) is 22.3 Å². The first-order chi connectivity index (χ1) is 14.9. The molecule has 0 aliphatic heterocycles. The van der Waals surface area contributed by atoms with Crippen LogP contribution in [0.3, 0.4) is 0 Å². The van der Waals surface area contributed by atoms with Crippen LogP contribution < -0.4 is 5.73 Å². The van der Waals surface area contributed by atoms with Crippen LogP contribution in [-0.4, -0.2) is 10.8 Å². The fourth-order valence-corrected chi connectivity index (χ4v) is 4.88. The van der Waals surface area contributed by atoms with Gasteiger partial charge in [-0.05, 0) is 42.2 Å². The van der Waals surface area contributed by atoms with Crippen LogP contribution >= 0.6 is 22.9 Å². The number of nitriles is 1. The summed E-state index contributed by atoms with van der Waals surface area (Å²) in [5, 5.41) is 11.3. The second kappa shape index (κ2) is 8.50. The van der Waals surface area contributed by atoms with Crippen LogP contribution in [0.4, 0.5) is 5.69 Å². The Bertz CT molecular complexity index is 1320. The number of benzene rings is 2. The standard InChI is InChI=1S/C25H20ClN3OS/c1-14(2)12-18-19(13-27)22(15-6-4-3-5-7-15)29-25-20(18)21(28)24(31-25)23(30)16-8-10-17(26)11-9-16/h3-11,14H,12,28H2,1-2H3. The molecule has 2 heterocycles. The zero-order chi connectivity index (χ0) is 22.1. The van der Waals surface area contributed by atoms with Gasteiger partial charge in [-0.3, -0.25) is 4.79 Å². The Kier molecular flexibility index (Phi) is 5.77. The minimum absolute atomic E-state index is 0.174. The summed E-state index contributed by atoms with van der Waals surface area (Å²) in [4.78, 5) is 19.1. The van der Waals surface area contributed by atoms with E-state index in [0.717, 1.165) is 11.1 Å². The van der Waals surface area contributed by atoms with Crippen molar-refractivity contribution in [3.8, 4) is 17.3 Å². The molecule has 2 aromatic carbocycles. The molecule has 0 saturated carbocycles. The Hall–Kier alpha value is -3.20. The molecule has 4 aromatic rings. The number of nitrogen functional groups attached to an aromatic ring is 1. The molecule has 4 rings (SSSR count). The van der Waals surface area contributed by atoms with Gasteiger partial charge in [0.25, 0.3) is 0 Å². The summed E-state index contributed by atoms with van der Waals surface area (Å²) in [5.41, 5.74) is 10.3. The predicted molar refractivity (Wildman–Crippen MR) is 128 cm³/mol. The predicted octanol–water partition coefficient (Wildman–Crippen LogP) is 6.50. The number of rotatable bonds is 5. The van der Waals surface area contributed by atoms with Gasteiger partial charge in [-0.25, -0.2) is 4.98 Å². The Morgan fingerprint density at radius 3 is 2.45 bits per heavy atom. The molecule has 0 radical (unpaired) electrons. The van der Waals surface area contributed by atoms with Crippen LogP contribution in [0, 0.1) is 17.2 Å². The molecule has 0 aliphatic rings. The number of hydrogen-bond acceptors (Lipinski definition) is 5. The fourth-order valence-electron chi connectivity index (χ4n) is 3.67.